The predicted octanol–water partition coefficient (Wildman–Crippen LogP) is 6.77. The molecule has 1 amide bonds. The highest BCUT2D eigenvalue weighted by Crippen LogP contribution is 2.34. The molecule has 2 N–H and O–H groups in total. The largest absolute Gasteiger partial charge is 0.493 e. The number of likely N-dealkylation sites (N-methyl/N-ethyl adjacent to an activating group) is 1. The number of carbonyl (C=O) groups excluding carboxylic acids is 1. The molecule has 0 bridgehead atoms. The van der Waals surface area contributed by atoms with Crippen LogP contribution >= 0.6 is 0 Å². The van der Waals surface area contributed by atoms with Crippen molar-refractivity contribution in [3.05, 3.63) is 102 Å². The number of allylic oxidation sites excluding steroid dienone is 1. The van der Waals surface area contributed by atoms with Crippen molar-refractivity contribution in [2.75, 3.05) is 64.1 Å². The zero-order chi connectivity index (χ0) is 34.0. The number of methoxy groups -OCH3 is 1. The Bertz CT molecular complexity index is 1720. The lowest BCUT2D eigenvalue weighted by Crippen LogP contribution is -2.44. The minimum Gasteiger partial charge on any atom is -0.493 e. The quantitative estimate of drug-likeness (QED) is 0.113. The van der Waals surface area contributed by atoms with Crippen LogP contribution in [0.3, 0.4) is 0 Å². The lowest BCUT2D eigenvalue weighted by molar-refractivity contribution is 0.102. The van der Waals surface area contributed by atoms with Gasteiger partial charge in [0.05, 0.1) is 13.7 Å². The zero-order valence-electron chi connectivity index (χ0n) is 28.0. The van der Waals surface area contributed by atoms with Crippen molar-refractivity contribution >= 4 is 23.2 Å². The molecule has 0 spiro atoms. The van der Waals surface area contributed by atoms with Crippen LogP contribution in [0.1, 0.15) is 33.5 Å². The summed E-state index contributed by atoms with van der Waals surface area (Å²) in [5, 5.41) is 5.99. The number of amides is 1. The highest BCUT2D eigenvalue weighted by Gasteiger charge is 2.21. The van der Waals surface area contributed by atoms with Gasteiger partial charge in [-0.25, -0.2) is 9.37 Å². The van der Waals surface area contributed by atoms with Crippen LogP contribution in [-0.2, 0) is 6.42 Å². The van der Waals surface area contributed by atoms with Crippen LogP contribution < -0.4 is 24.8 Å². The Kier molecular flexibility index (Phi) is 11.6. The lowest BCUT2D eigenvalue weighted by Gasteiger charge is -2.32. The van der Waals surface area contributed by atoms with E-state index >= 15 is 4.39 Å². The van der Waals surface area contributed by atoms with Crippen molar-refractivity contribution in [1.29, 1.82) is 0 Å². The predicted molar refractivity (Wildman–Crippen MR) is 187 cm³/mol. The van der Waals surface area contributed by atoms with Crippen molar-refractivity contribution in [2.24, 2.45) is 0 Å². The molecule has 0 unspecified atom stereocenters. The van der Waals surface area contributed by atoms with Gasteiger partial charge >= 0.3 is 0 Å². The topological polar surface area (TPSA) is 101 Å². The number of nitrogens with one attached hydrogen (secondary N) is 2. The number of hydrogen-bond donors (Lipinski definition) is 2. The summed E-state index contributed by atoms with van der Waals surface area (Å²) in [7, 11) is 3.67. The molecular weight excluding hydrogens is 611 g/mol. The summed E-state index contributed by atoms with van der Waals surface area (Å²) in [6, 6.07) is 15.8. The number of nitrogens with zero attached hydrogens (tertiary/aromatic N) is 4. The van der Waals surface area contributed by atoms with Crippen LogP contribution in [0.15, 0.2) is 73.4 Å². The molecule has 1 aliphatic rings. The molecule has 4 aromatic rings. The number of anilines is 3. The van der Waals surface area contributed by atoms with Gasteiger partial charge in [-0.15, -0.1) is 6.58 Å². The molecule has 48 heavy (non-hydrogen) atoms. The highest BCUT2D eigenvalue weighted by molar-refractivity contribution is 6.06. The van der Waals surface area contributed by atoms with Gasteiger partial charge in [-0.2, -0.15) is 4.98 Å². The smallest absolute Gasteiger partial charge is 0.262 e. The van der Waals surface area contributed by atoms with E-state index < -0.39 is 11.7 Å². The molecule has 11 heteroatoms. The highest BCUT2D eigenvalue weighted by atomic mass is 19.1. The van der Waals surface area contributed by atoms with Crippen molar-refractivity contribution in [2.45, 2.75) is 26.7 Å². The van der Waals surface area contributed by atoms with E-state index in [9.17, 15) is 4.79 Å². The summed E-state index contributed by atoms with van der Waals surface area (Å²) in [5.41, 5.74) is 4.01. The number of hydrogen-bond acceptors (Lipinski definition) is 9. The summed E-state index contributed by atoms with van der Waals surface area (Å²) in [6.45, 7) is 13.2. The van der Waals surface area contributed by atoms with Crippen molar-refractivity contribution in [1.82, 2.24) is 19.8 Å². The molecule has 1 aliphatic heterocycles. The molecule has 1 saturated heterocycles. The van der Waals surface area contributed by atoms with E-state index in [1.807, 2.05) is 44.2 Å². The molecule has 3 aromatic carbocycles. The molecule has 2 heterocycles. The number of aromatic nitrogens is 2. The van der Waals surface area contributed by atoms with E-state index in [-0.39, 0.29) is 23.1 Å². The Morgan fingerprint density at radius 2 is 1.77 bits per heavy atom. The Morgan fingerprint density at radius 1 is 1.02 bits per heavy atom. The molecule has 1 fully saturated rings. The molecule has 0 radical (unpaired) electrons. The number of rotatable bonds is 14. The summed E-state index contributed by atoms with van der Waals surface area (Å²) in [6.07, 6.45) is 4.63. The van der Waals surface area contributed by atoms with Crippen molar-refractivity contribution in [3.8, 4) is 23.1 Å². The number of aryl methyl sites for hydroxylation is 2. The average molecular weight is 655 g/mol. The van der Waals surface area contributed by atoms with Gasteiger partial charge in [0, 0.05) is 56.4 Å². The maximum absolute atomic E-state index is 15.0. The minimum absolute atomic E-state index is 0.00761. The van der Waals surface area contributed by atoms with Crippen LogP contribution in [0.2, 0.25) is 0 Å². The molecule has 0 saturated carbocycles. The first kappa shape index (κ1) is 34.3. The SMILES string of the molecule is C=CCc1ccc(Oc2nc(Nc3ccc(OCCCN4CCN(C)CC4)c(F)c3)ncc2C(=O)Nc2c(C)cccc2C)c(OC)c1. The van der Waals surface area contributed by atoms with Crippen molar-refractivity contribution in [3.63, 3.8) is 0 Å². The molecule has 1 aromatic heterocycles. The standard InChI is InChI=1S/C37H43FN6O4/c1-6-9-27-12-14-32(33(22-27)46-5)48-36-29(35(45)41-34-25(2)10-7-11-26(34)3)24-39-37(42-36)40-28-13-15-31(30(38)23-28)47-21-8-16-44-19-17-43(4)18-20-44/h6-7,10-15,22-24H,1,8-9,16-21H2,2-5H3,(H,41,45)(H,39,40,42). The fourth-order valence-corrected chi connectivity index (χ4v) is 5.41. The Morgan fingerprint density at radius 3 is 2.48 bits per heavy atom. The average Bonchev–Trinajstić information content (AvgIpc) is 3.07. The van der Waals surface area contributed by atoms with Gasteiger partial charge in [0.15, 0.2) is 23.1 Å². The lowest BCUT2D eigenvalue weighted by atomic mass is 10.1. The third-order valence-corrected chi connectivity index (χ3v) is 8.19. The molecule has 10 nitrogen and oxygen atoms in total. The summed E-state index contributed by atoms with van der Waals surface area (Å²) < 4.78 is 32.6. The van der Waals surface area contributed by atoms with Crippen molar-refractivity contribution < 1.29 is 23.4 Å². The van der Waals surface area contributed by atoms with E-state index in [4.69, 9.17) is 14.2 Å². The normalized spacial score (nSPS) is 13.5. The first-order chi connectivity index (χ1) is 23.2. The zero-order valence-corrected chi connectivity index (χ0v) is 28.0. The van der Waals surface area contributed by atoms with Gasteiger partial charge in [0.2, 0.25) is 11.8 Å². The van der Waals surface area contributed by atoms with Gasteiger partial charge in [0.25, 0.3) is 5.91 Å². The van der Waals surface area contributed by atoms with E-state index in [0.717, 1.165) is 55.8 Å². The van der Waals surface area contributed by atoms with E-state index in [1.54, 1.807) is 24.3 Å². The van der Waals surface area contributed by atoms with Gasteiger partial charge < -0.3 is 34.6 Å². The van der Waals surface area contributed by atoms with E-state index in [2.05, 4.69) is 44.0 Å². The number of carbonyl (C=O) groups is 1. The second-order valence-corrected chi connectivity index (χ2v) is 11.8. The van der Waals surface area contributed by atoms with Gasteiger partial charge in [0.1, 0.15) is 5.56 Å². The molecule has 0 atom stereocenters. The fourth-order valence-electron chi connectivity index (χ4n) is 5.41. The van der Waals surface area contributed by atoms with Crippen LogP contribution in [0.5, 0.6) is 23.1 Å². The number of benzene rings is 3. The number of piperazine rings is 1. The molecular formula is C37H43FN6O4. The summed E-state index contributed by atoms with van der Waals surface area (Å²) in [5.74, 6) is 0.139. The van der Waals surface area contributed by atoms with Crippen LogP contribution in [0.25, 0.3) is 0 Å². The number of halogens is 1. The maximum Gasteiger partial charge on any atom is 0.262 e. The molecule has 5 rings (SSSR count). The Labute approximate surface area is 281 Å². The second-order valence-electron chi connectivity index (χ2n) is 11.8. The number of ether oxygens (including phenoxy) is 3. The Balaban J connectivity index is 1.33. The van der Waals surface area contributed by atoms with E-state index in [0.29, 0.717) is 35.9 Å². The molecule has 0 aliphatic carbocycles. The maximum atomic E-state index is 15.0. The fraction of sp³-hybridized carbons (Fsp3) is 0.324. The second kappa shape index (κ2) is 16.2. The van der Waals surface area contributed by atoms with Gasteiger partial charge in [-0.3, -0.25) is 4.79 Å². The van der Waals surface area contributed by atoms with E-state index in [1.165, 1.54) is 19.4 Å². The van der Waals surface area contributed by atoms with Crippen LogP contribution in [0.4, 0.5) is 21.7 Å². The van der Waals surface area contributed by atoms with Crippen LogP contribution in [-0.4, -0.2) is 79.2 Å². The third kappa shape index (κ3) is 8.87. The monoisotopic (exact) mass is 654 g/mol. The minimum atomic E-state index is -0.509. The molecule has 252 valence electrons. The first-order valence-corrected chi connectivity index (χ1v) is 16.0. The van der Waals surface area contributed by atoms with Gasteiger partial charge in [-0.05, 0) is 74.7 Å². The summed E-state index contributed by atoms with van der Waals surface area (Å²) in [4.78, 5) is 27.2. The van der Waals surface area contributed by atoms with Gasteiger partial charge in [-0.1, -0.05) is 30.3 Å². The number of para-hydroxylation sites is 1. The van der Waals surface area contributed by atoms with Crippen LogP contribution in [0, 0.1) is 19.7 Å². The summed E-state index contributed by atoms with van der Waals surface area (Å²) >= 11 is 0. The first-order valence-electron chi connectivity index (χ1n) is 16.0. The Hall–Kier alpha value is -5.00. The third-order valence-electron chi connectivity index (χ3n) is 8.19.